The first-order valence-electron chi connectivity index (χ1n) is 7.61. The van der Waals surface area contributed by atoms with Crippen molar-refractivity contribution in [1.29, 1.82) is 0 Å². The van der Waals surface area contributed by atoms with Crippen molar-refractivity contribution in [2.24, 2.45) is 11.8 Å². The quantitative estimate of drug-likeness (QED) is 0.848. The van der Waals surface area contributed by atoms with Crippen molar-refractivity contribution in [3.8, 4) is 0 Å². The Hall–Kier alpha value is -1.03. The van der Waals surface area contributed by atoms with E-state index in [2.05, 4.69) is 13.8 Å². The molecule has 0 saturated heterocycles. The van der Waals surface area contributed by atoms with Crippen molar-refractivity contribution in [3.63, 3.8) is 0 Å². The van der Waals surface area contributed by atoms with Crippen LogP contribution >= 0.6 is 0 Å². The molecular weight excluding hydrogens is 277 g/mol. The van der Waals surface area contributed by atoms with Gasteiger partial charge in [-0.15, -0.1) is 0 Å². The number of hydrogen-bond donors (Lipinski definition) is 1. The minimum Gasteiger partial charge on any atom is -0.389 e. The summed E-state index contributed by atoms with van der Waals surface area (Å²) in [5.74, 6) is 0.488. The molecule has 21 heavy (non-hydrogen) atoms. The molecule has 1 aliphatic rings. The fourth-order valence-corrected chi connectivity index (χ4v) is 3.63. The largest absolute Gasteiger partial charge is 0.416 e. The molecule has 1 saturated carbocycles. The van der Waals surface area contributed by atoms with Gasteiger partial charge in [-0.25, -0.2) is 0 Å². The Morgan fingerprint density at radius 1 is 1.29 bits per heavy atom. The van der Waals surface area contributed by atoms with Crippen LogP contribution in [-0.2, 0) is 12.6 Å². The van der Waals surface area contributed by atoms with E-state index in [-0.39, 0.29) is 5.92 Å². The van der Waals surface area contributed by atoms with Gasteiger partial charge in [0.1, 0.15) is 0 Å². The molecule has 1 aliphatic carbocycles. The summed E-state index contributed by atoms with van der Waals surface area (Å²) in [5, 5.41) is 11.0. The van der Waals surface area contributed by atoms with E-state index < -0.39 is 17.3 Å². The minimum atomic E-state index is -4.33. The summed E-state index contributed by atoms with van der Waals surface area (Å²) >= 11 is 0. The predicted octanol–water partition coefficient (Wildman–Crippen LogP) is 4.83. The van der Waals surface area contributed by atoms with Crippen LogP contribution in [0.4, 0.5) is 13.2 Å². The van der Waals surface area contributed by atoms with Gasteiger partial charge >= 0.3 is 6.18 Å². The van der Waals surface area contributed by atoms with Gasteiger partial charge in [0.2, 0.25) is 0 Å². The molecule has 4 heteroatoms. The number of hydrogen-bond acceptors (Lipinski definition) is 1. The van der Waals surface area contributed by atoms with E-state index in [0.29, 0.717) is 24.3 Å². The molecule has 0 aromatic heterocycles. The van der Waals surface area contributed by atoms with Crippen molar-refractivity contribution in [1.82, 2.24) is 0 Å². The van der Waals surface area contributed by atoms with Gasteiger partial charge in [-0.1, -0.05) is 44.9 Å². The van der Waals surface area contributed by atoms with E-state index in [9.17, 15) is 18.3 Å². The fraction of sp³-hybridized carbons (Fsp3) is 0.647. The van der Waals surface area contributed by atoms with Gasteiger partial charge in [0.25, 0.3) is 0 Å². The molecule has 1 aromatic carbocycles. The van der Waals surface area contributed by atoms with E-state index in [1.165, 1.54) is 12.1 Å². The maximum atomic E-state index is 12.8. The lowest BCUT2D eigenvalue weighted by molar-refractivity contribution is -0.137. The van der Waals surface area contributed by atoms with Crippen LogP contribution in [0, 0.1) is 11.8 Å². The van der Waals surface area contributed by atoms with Gasteiger partial charge in [0.15, 0.2) is 0 Å². The third-order valence-electron chi connectivity index (χ3n) is 4.63. The van der Waals surface area contributed by atoms with Crippen molar-refractivity contribution in [2.45, 2.75) is 57.7 Å². The van der Waals surface area contributed by atoms with Crippen molar-refractivity contribution in [2.75, 3.05) is 0 Å². The summed E-state index contributed by atoms with van der Waals surface area (Å²) in [7, 11) is 0. The summed E-state index contributed by atoms with van der Waals surface area (Å²) in [5.41, 5.74) is -0.947. The topological polar surface area (TPSA) is 20.2 Å². The minimum absolute atomic E-state index is 0.154. The summed E-state index contributed by atoms with van der Waals surface area (Å²) in [6.07, 6.45) is -0.367. The lowest BCUT2D eigenvalue weighted by Gasteiger charge is -2.42. The predicted molar refractivity (Wildman–Crippen MR) is 76.9 cm³/mol. The van der Waals surface area contributed by atoms with Gasteiger partial charge < -0.3 is 5.11 Å². The summed E-state index contributed by atoms with van der Waals surface area (Å²) in [6, 6.07) is 5.35. The van der Waals surface area contributed by atoms with Crippen molar-refractivity contribution >= 4 is 0 Å². The summed E-state index contributed by atoms with van der Waals surface area (Å²) < 4.78 is 38.4. The monoisotopic (exact) mass is 300 g/mol. The highest BCUT2D eigenvalue weighted by atomic mass is 19.4. The zero-order chi connectivity index (χ0) is 15.7. The van der Waals surface area contributed by atoms with Crippen LogP contribution in [0.15, 0.2) is 24.3 Å². The molecule has 1 nitrogen and oxygen atoms in total. The first-order valence-corrected chi connectivity index (χ1v) is 7.61. The number of alkyl halides is 3. The van der Waals surface area contributed by atoms with Gasteiger partial charge in [-0.2, -0.15) is 13.2 Å². The smallest absolute Gasteiger partial charge is 0.389 e. The molecule has 2 rings (SSSR count). The standard InChI is InChI=1S/C17H23F3O/c1-12(2)15-8-3-4-9-16(15,21)11-13-6-5-7-14(10-13)17(18,19)20/h5-7,10,12,15,21H,3-4,8-9,11H2,1-2H3. The van der Waals surface area contributed by atoms with Crippen LogP contribution in [-0.4, -0.2) is 10.7 Å². The number of aliphatic hydroxyl groups is 1. The molecule has 0 radical (unpaired) electrons. The zero-order valence-electron chi connectivity index (χ0n) is 12.6. The van der Waals surface area contributed by atoms with Crippen molar-refractivity contribution < 1.29 is 18.3 Å². The average Bonchev–Trinajstić information content (AvgIpc) is 2.37. The Morgan fingerprint density at radius 3 is 2.62 bits per heavy atom. The molecule has 118 valence electrons. The maximum absolute atomic E-state index is 12.8. The Morgan fingerprint density at radius 2 is 2.00 bits per heavy atom. The van der Waals surface area contributed by atoms with E-state index in [0.717, 1.165) is 25.3 Å². The van der Waals surface area contributed by atoms with Gasteiger partial charge in [0, 0.05) is 6.42 Å². The lowest BCUT2D eigenvalue weighted by Crippen LogP contribution is -2.45. The summed E-state index contributed by atoms with van der Waals surface area (Å²) in [4.78, 5) is 0. The van der Waals surface area contributed by atoms with Crippen molar-refractivity contribution in [3.05, 3.63) is 35.4 Å². The summed E-state index contributed by atoms with van der Waals surface area (Å²) in [6.45, 7) is 4.15. The Balaban J connectivity index is 2.23. The second-order valence-corrected chi connectivity index (χ2v) is 6.57. The second kappa shape index (κ2) is 5.99. The van der Waals surface area contributed by atoms with Crippen LogP contribution in [0.5, 0.6) is 0 Å². The highest BCUT2D eigenvalue weighted by Crippen LogP contribution is 2.41. The third kappa shape index (κ3) is 3.79. The van der Waals surface area contributed by atoms with E-state index in [1.807, 2.05) is 0 Å². The zero-order valence-corrected chi connectivity index (χ0v) is 12.6. The Labute approximate surface area is 124 Å². The van der Waals surface area contributed by atoms with Gasteiger partial charge in [0.05, 0.1) is 11.2 Å². The second-order valence-electron chi connectivity index (χ2n) is 6.57. The highest BCUT2D eigenvalue weighted by Gasteiger charge is 2.40. The van der Waals surface area contributed by atoms with Crippen LogP contribution in [0.3, 0.4) is 0 Å². The van der Waals surface area contributed by atoms with Crippen LogP contribution in [0.1, 0.15) is 50.7 Å². The average molecular weight is 300 g/mol. The number of rotatable bonds is 3. The molecule has 1 N–H and O–H groups in total. The molecule has 1 fully saturated rings. The Bertz CT molecular complexity index is 481. The molecule has 2 atom stereocenters. The molecule has 0 aliphatic heterocycles. The Kier molecular flexibility index (Phi) is 4.66. The molecule has 0 spiro atoms. The SMILES string of the molecule is CC(C)C1CCCCC1(O)Cc1cccc(C(F)(F)F)c1. The first kappa shape index (κ1) is 16.3. The third-order valence-corrected chi connectivity index (χ3v) is 4.63. The lowest BCUT2D eigenvalue weighted by atomic mass is 9.68. The van der Waals surface area contributed by atoms with Crippen LogP contribution in [0.2, 0.25) is 0 Å². The van der Waals surface area contributed by atoms with Crippen LogP contribution < -0.4 is 0 Å². The first-order chi connectivity index (χ1) is 9.72. The normalized spacial score (nSPS) is 27.1. The van der Waals surface area contributed by atoms with E-state index in [4.69, 9.17) is 0 Å². The van der Waals surface area contributed by atoms with Gasteiger partial charge in [-0.3, -0.25) is 0 Å². The molecule has 0 bridgehead atoms. The van der Waals surface area contributed by atoms with E-state index >= 15 is 0 Å². The highest BCUT2D eigenvalue weighted by molar-refractivity contribution is 5.27. The molecular formula is C17H23F3O. The number of benzene rings is 1. The molecule has 2 unspecified atom stereocenters. The van der Waals surface area contributed by atoms with E-state index in [1.54, 1.807) is 6.07 Å². The fourth-order valence-electron chi connectivity index (χ4n) is 3.63. The maximum Gasteiger partial charge on any atom is 0.416 e. The van der Waals surface area contributed by atoms with Gasteiger partial charge in [-0.05, 0) is 36.3 Å². The van der Waals surface area contributed by atoms with Crippen LogP contribution in [0.25, 0.3) is 0 Å². The molecule has 0 heterocycles. The number of halogens is 3. The molecule has 1 aromatic rings. The molecule has 0 amide bonds.